The van der Waals surface area contributed by atoms with E-state index in [1.54, 1.807) is 6.92 Å². The van der Waals surface area contributed by atoms with Gasteiger partial charge >= 0.3 is 6.55 Å². The van der Waals surface area contributed by atoms with E-state index in [1.165, 1.54) is 12.4 Å². The van der Waals surface area contributed by atoms with Gasteiger partial charge in [-0.2, -0.15) is 8.78 Å². The summed E-state index contributed by atoms with van der Waals surface area (Å²) in [5.74, 6) is 1.29. The molecule has 1 aromatic carbocycles. The van der Waals surface area contributed by atoms with E-state index in [2.05, 4.69) is 15.3 Å². The van der Waals surface area contributed by atoms with Crippen molar-refractivity contribution in [2.24, 2.45) is 0 Å². The van der Waals surface area contributed by atoms with Crippen molar-refractivity contribution >= 4 is 22.4 Å². The number of alkyl halides is 2. The monoisotopic (exact) mass is 406 g/mol. The van der Waals surface area contributed by atoms with Crippen LogP contribution in [-0.2, 0) is 11.2 Å². The molecule has 0 unspecified atom stereocenters. The predicted molar refractivity (Wildman–Crippen MR) is 98.8 cm³/mol. The van der Waals surface area contributed by atoms with Crippen LogP contribution in [0.1, 0.15) is 24.2 Å². The second-order valence-corrected chi connectivity index (χ2v) is 7.10. The zero-order valence-corrected chi connectivity index (χ0v) is 15.6. The molecule has 0 saturated carbocycles. The molecule has 10 heteroatoms. The van der Waals surface area contributed by atoms with Crippen molar-refractivity contribution in [3.8, 4) is 22.2 Å². The van der Waals surface area contributed by atoms with Gasteiger partial charge < -0.3 is 14.8 Å². The summed E-state index contributed by atoms with van der Waals surface area (Å²) in [6.45, 7) is -0.799. The fourth-order valence-electron chi connectivity index (χ4n) is 2.84. The number of rotatable bonds is 6. The number of carbonyl (C=O) groups excluding carboxylic acids is 1. The molecule has 1 aliphatic heterocycles. The smallest absolute Gasteiger partial charge is 0.320 e. The topological polar surface area (TPSA) is 78.3 Å². The Kier molecular flexibility index (Phi) is 4.95. The molecule has 0 saturated heterocycles. The highest BCUT2D eigenvalue weighted by Gasteiger charge is 2.19. The van der Waals surface area contributed by atoms with Gasteiger partial charge in [-0.3, -0.25) is 9.36 Å². The van der Waals surface area contributed by atoms with Gasteiger partial charge in [-0.15, -0.1) is 0 Å². The number of nitrogens with one attached hydrogen (secondary N) is 1. The number of benzene rings is 1. The summed E-state index contributed by atoms with van der Waals surface area (Å²) in [6.07, 6.45) is 3.29. The number of imidazole rings is 1. The van der Waals surface area contributed by atoms with E-state index >= 15 is 0 Å². The minimum atomic E-state index is -2.70. The first-order valence-corrected chi connectivity index (χ1v) is 9.30. The lowest BCUT2D eigenvalue weighted by Crippen LogP contribution is -2.12. The zero-order chi connectivity index (χ0) is 19.7. The summed E-state index contributed by atoms with van der Waals surface area (Å²) in [4.78, 5) is 21.0. The largest absolute Gasteiger partial charge is 0.454 e. The molecule has 1 amide bonds. The average molecular weight is 406 g/mol. The number of nitrogens with zero attached hydrogens (tertiary/aromatic N) is 3. The van der Waals surface area contributed by atoms with Crippen molar-refractivity contribution in [1.82, 2.24) is 14.5 Å². The van der Waals surface area contributed by atoms with Crippen molar-refractivity contribution in [2.45, 2.75) is 26.3 Å². The molecule has 1 N–H and O–H groups in total. The maximum atomic E-state index is 13.1. The SMILES string of the molecule is Cc1nc(NC(=O)CCc2ccc3c(c2)OCO3)sc1-c1nccn1C(F)F. The maximum Gasteiger partial charge on any atom is 0.320 e. The Bertz CT molecular complexity index is 1020. The number of hydrogen-bond acceptors (Lipinski definition) is 6. The van der Waals surface area contributed by atoms with Crippen molar-refractivity contribution in [1.29, 1.82) is 0 Å². The van der Waals surface area contributed by atoms with Crippen LogP contribution in [0.5, 0.6) is 11.5 Å². The highest BCUT2D eigenvalue weighted by Crippen LogP contribution is 2.34. The molecule has 0 fully saturated rings. The lowest BCUT2D eigenvalue weighted by atomic mass is 10.1. The number of aromatic nitrogens is 3. The summed E-state index contributed by atoms with van der Waals surface area (Å²) in [6, 6.07) is 5.55. The zero-order valence-electron chi connectivity index (χ0n) is 14.8. The Balaban J connectivity index is 1.40. The Morgan fingerprint density at radius 2 is 2.18 bits per heavy atom. The molecular weight excluding hydrogens is 390 g/mol. The highest BCUT2D eigenvalue weighted by atomic mass is 32.1. The van der Waals surface area contributed by atoms with Gasteiger partial charge in [0, 0.05) is 18.8 Å². The standard InChI is InChI=1S/C18H16F2N4O3S/c1-10-15(16-21-6-7-24(16)17(19)20)28-18(22-10)23-14(25)5-3-11-2-4-12-13(8-11)27-9-26-12/h2,4,6-8,17H,3,5,9H2,1H3,(H,22,23,25). The van der Waals surface area contributed by atoms with Crippen LogP contribution in [0.2, 0.25) is 0 Å². The van der Waals surface area contributed by atoms with Gasteiger partial charge in [0.15, 0.2) is 22.5 Å². The molecule has 0 radical (unpaired) electrons. The lowest BCUT2D eigenvalue weighted by Gasteiger charge is -2.04. The van der Waals surface area contributed by atoms with Gasteiger partial charge in [-0.1, -0.05) is 17.4 Å². The predicted octanol–water partition coefficient (Wildman–Crippen LogP) is 4.01. The number of halogens is 2. The van der Waals surface area contributed by atoms with Crippen molar-refractivity contribution in [3.05, 3.63) is 41.9 Å². The van der Waals surface area contributed by atoms with Crippen molar-refractivity contribution in [2.75, 3.05) is 12.1 Å². The van der Waals surface area contributed by atoms with Crippen LogP contribution in [0.4, 0.5) is 13.9 Å². The van der Waals surface area contributed by atoms with Crippen LogP contribution >= 0.6 is 11.3 Å². The number of anilines is 1. The Morgan fingerprint density at radius 1 is 1.36 bits per heavy atom. The first-order valence-electron chi connectivity index (χ1n) is 8.48. The third-order valence-corrected chi connectivity index (χ3v) is 5.27. The number of amides is 1. The average Bonchev–Trinajstić information content (AvgIpc) is 3.38. The van der Waals surface area contributed by atoms with Crippen LogP contribution in [0, 0.1) is 6.92 Å². The summed E-state index contributed by atoms with van der Waals surface area (Å²) in [7, 11) is 0. The molecule has 146 valence electrons. The van der Waals surface area contributed by atoms with Gasteiger partial charge in [0.25, 0.3) is 0 Å². The fourth-order valence-corrected chi connectivity index (χ4v) is 3.82. The van der Waals surface area contributed by atoms with E-state index in [9.17, 15) is 13.6 Å². The molecular formula is C18H16F2N4O3S. The van der Waals surface area contributed by atoms with Crippen LogP contribution in [-0.4, -0.2) is 27.2 Å². The number of carbonyl (C=O) groups is 1. The van der Waals surface area contributed by atoms with Crippen molar-refractivity contribution < 1.29 is 23.0 Å². The third kappa shape index (κ3) is 3.68. The van der Waals surface area contributed by atoms with Gasteiger partial charge in [-0.05, 0) is 31.0 Å². The number of hydrogen-bond donors (Lipinski definition) is 1. The van der Waals surface area contributed by atoms with E-state index in [4.69, 9.17) is 9.47 Å². The van der Waals surface area contributed by atoms with Gasteiger partial charge in [0.1, 0.15) is 0 Å². The Morgan fingerprint density at radius 3 is 3.00 bits per heavy atom. The van der Waals surface area contributed by atoms with Crippen LogP contribution in [0.25, 0.3) is 10.7 Å². The third-order valence-electron chi connectivity index (χ3n) is 4.20. The van der Waals surface area contributed by atoms with E-state index in [1.807, 2.05) is 18.2 Å². The molecule has 28 heavy (non-hydrogen) atoms. The number of fused-ring (bicyclic) bond motifs is 1. The first kappa shape index (κ1) is 18.4. The molecule has 0 bridgehead atoms. The molecule has 0 atom stereocenters. The second-order valence-electron chi connectivity index (χ2n) is 6.11. The number of aryl methyl sites for hydroxylation is 2. The normalized spacial score (nSPS) is 12.6. The van der Waals surface area contributed by atoms with E-state index in [-0.39, 0.29) is 24.9 Å². The highest BCUT2D eigenvalue weighted by molar-refractivity contribution is 7.19. The van der Waals surface area contributed by atoms with Crippen LogP contribution in [0.15, 0.2) is 30.6 Å². The maximum absolute atomic E-state index is 13.1. The van der Waals surface area contributed by atoms with Gasteiger partial charge in [0.2, 0.25) is 12.7 Å². The molecule has 1 aliphatic rings. The fraction of sp³-hybridized carbons (Fsp3) is 0.278. The van der Waals surface area contributed by atoms with E-state index < -0.39 is 6.55 Å². The Labute approximate surface area is 162 Å². The molecule has 4 rings (SSSR count). The summed E-state index contributed by atoms with van der Waals surface area (Å²) < 4.78 is 37.5. The number of ether oxygens (including phenoxy) is 2. The minimum absolute atomic E-state index is 0.130. The summed E-state index contributed by atoms with van der Waals surface area (Å²) >= 11 is 1.12. The van der Waals surface area contributed by atoms with E-state index in [0.29, 0.717) is 33.6 Å². The molecule has 7 nitrogen and oxygen atoms in total. The number of thiazole rings is 1. The van der Waals surface area contributed by atoms with Crippen molar-refractivity contribution in [3.63, 3.8) is 0 Å². The van der Waals surface area contributed by atoms with Crippen LogP contribution < -0.4 is 14.8 Å². The lowest BCUT2D eigenvalue weighted by molar-refractivity contribution is -0.116. The Hall–Kier alpha value is -3.01. The van der Waals surface area contributed by atoms with Gasteiger partial charge in [-0.25, -0.2) is 9.97 Å². The molecule has 3 heterocycles. The van der Waals surface area contributed by atoms with Crippen LogP contribution in [0.3, 0.4) is 0 Å². The molecule has 2 aromatic heterocycles. The minimum Gasteiger partial charge on any atom is -0.454 e. The molecule has 0 spiro atoms. The molecule has 3 aromatic rings. The van der Waals surface area contributed by atoms with Gasteiger partial charge in [0.05, 0.1) is 10.6 Å². The van der Waals surface area contributed by atoms with E-state index in [0.717, 1.165) is 21.5 Å². The summed E-state index contributed by atoms with van der Waals surface area (Å²) in [5, 5.41) is 3.08. The summed E-state index contributed by atoms with van der Waals surface area (Å²) in [5.41, 5.74) is 1.48. The molecule has 0 aliphatic carbocycles. The quantitative estimate of drug-likeness (QED) is 0.669. The second kappa shape index (κ2) is 7.55. The first-order chi connectivity index (χ1) is 13.5.